The summed E-state index contributed by atoms with van der Waals surface area (Å²) in [7, 11) is 6.81. The molecule has 3 aliphatic rings. The number of esters is 1. The molecule has 340 valence electrons. The third-order valence-corrected chi connectivity index (χ3v) is 13.4. The van der Waals surface area contributed by atoms with Crippen LogP contribution in [0.1, 0.15) is 93.3 Å². The molecule has 3 aliphatic heterocycles. The van der Waals surface area contributed by atoms with Gasteiger partial charge in [-0.15, -0.1) is 0 Å². The van der Waals surface area contributed by atoms with Gasteiger partial charge in [0.25, 0.3) is 0 Å². The second kappa shape index (κ2) is 19.6. The number of amides is 1. The van der Waals surface area contributed by atoms with E-state index in [1.165, 1.54) is 14.0 Å². The van der Waals surface area contributed by atoms with Crippen LogP contribution in [-0.4, -0.2) is 142 Å². The van der Waals surface area contributed by atoms with Crippen LogP contribution in [-0.2, 0) is 44.6 Å². The molecule has 0 spiro atoms. The van der Waals surface area contributed by atoms with Crippen molar-refractivity contribution in [3.63, 3.8) is 0 Å². The molecule has 2 aromatic heterocycles. The number of Topliss-reactive ketones (excluding diaryl/α,β-unsaturated/α-hetero) is 2. The van der Waals surface area contributed by atoms with Gasteiger partial charge in [0.15, 0.2) is 17.7 Å². The number of cyclic esters (lactones) is 1. The normalized spacial score (nSPS) is 35.5. The minimum Gasteiger partial charge on any atom is -0.481 e. The number of carbonyl (C=O) groups is 4. The molecule has 0 radical (unpaired) electrons. The number of aliphatic hydroxyl groups is 1. The molecule has 3 fully saturated rings. The van der Waals surface area contributed by atoms with E-state index in [2.05, 4.69) is 9.55 Å². The van der Waals surface area contributed by atoms with E-state index >= 15 is 0 Å². The molecule has 61 heavy (non-hydrogen) atoms. The Hall–Kier alpha value is -3.96. The van der Waals surface area contributed by atoms with Crippen LogP contribution in [0.4, 0.5) is 4.79 Å². The van der Waals surface area contributed by atoms with Crippen LogP contribution < -0.4 is 4.74 Å². The highest BCUT2D eigenvalue weighted by atomic mass is 16.7. The number of aryl methyl sites for hydroxylation is 2. The van der Waals surface area contributed by atoms with Crippen molar-refractivity contribution in [3.05, 3.63) is 30.4 Å². The van der Waals surface area contributed by atoms with Gasteiger partial charge < -0.3 is 47.9 Å². The number of aliphatic hydroxyl groups excluding tert-OH is 1. The number of hydrogen-bond donors (Lipinski definition) is 1. The van der Waals surface area contributed by atoms with Gasteiger partial charge in [0.2, 0.25) is 5.88 Å². The Morgan fingerprint density at radius 2 is 1.67 bits per heavy atom. The second-order valence-electron chi connectivity index (χ2n) is 18.0. The first-order chi connectivity index (χ1) is 28.7. The fraction of sp³-hybridized carbons (Fsp3) is 0.733. The highest BCUT2D eigenvalue weighted by Crippen LogP contribution is 2.43. The van der Waals surface area contributed by atoms with Gasteiger partial charge in [0.05, 0.1) is 36.7 Å². The van der Waals surface area contributed by atoms with Crippen LogP contribution >= 0.6 is 0 Å². The number of aromatic nitrogens is 3. The molecule has 13 atom stereocenters. The van der Waals surface area contributed by atoms with E-state index in [-0.39, 0.29) is 37.3 Å². The molecule has 0 saturated carbocycles. The first kappa shape index (κ1) is 48.1. The first-order valence-electron chi connectivity index (χ1n) is 21.7. The van der Waals surface area contributed by atoms with Crippen molar-refractivity contribution in [1.82, 2.24) is 24.3 Å². The molecule has 5 rings (SSSR count). The Morgan fingerprint density at radius 3 is 2.28 bits per heavy atom. The van der Waals surface area contributed by atoms with Gasteiger partial charge in [-0.05, 0) is 86.9 Å². The quantitative estimate of drug-likeness (QED) is 0.166. The summed E-state index contributed by atoms with van der Waals surface area (Å²) in [6, 6.07) is 2.61. The maximum absolute atomic E-state index is 14.8. The first-order valence-corrected chi connectivity index (χ1v) is 21.7. The lowest BCUT2D eigenvalue weighted by atomic mass is 9.73. The Balaban J connectivity index is 1.42. The highest BCUT2D eigenvalue weighted by Gasteiger charge is 2.60. The number of carbonyl (C=O) groups excluding carboxylic acids is 4. The standard InChI is InChI=1S/C45H69N5O11/c1-14-34-45(9)39(50(43(55)61-45)20-16-15-19-49-24-32(47-30(49)7)31-17-18-35(56-12)46-23-31)27(4)36(51)25(2)22-44(8,57-13)40(28(5)37(52)29(6)41(54)59-34)60-42-38(53)33(48(10)11)21-26(3)58-42/h17-18,23-29,33-34,38-40,42,53H,14-16,19-22H2,1-13H3/t25-,26-,27-,28+,29-,33+,34+,38-,39-,40?,42?,44+,45-/m1/s1. The summed E-state index contributed by atoms with van der Waals surface area (Å²) in [6.07, 6.45) is 0.845. The Morgan fingerprint density at radius 1 is 0.984 bits per heavy atom. The van der Waals surface area contributed by atoms with E-state index in [4.69, 9.17) is 33.4 Å². The number of nitrogens with zero attached hydrogens (tertiary/aromatic N) is 5. The van der Waals surface area contributed by atoms with Gasteiger partial charge in [-0.25, -0.2) is 14.8 Å². The zero-order chi connectivity index (χ0) is 45.1. The average molecular weight is 856 g/mol. The highest BCUT2D eigenvalue weighted by molar-refractivity contribution is 6.00. The number of hydrogen-bond acceptors (Lipinski definition) is 14. The molecule has 3 saturated heterocycles. The molecular formula is C45H69N5O11. The molecule has 0 bridgehead atoms. The molecule has 2 unspecified atom stereocenters. The van der Waals surface area contributed by atoms with Crippen LogP contribution in [0.3, 0.4) is 0 Å². The van der Waals surface area contributed by atoms with Crippen molar-refractivity contribution in [1.29, 1.82) is 0 Å². The van der Waals surface area contributed by atoms with Crippen LogP contribution in [0.2, 0.25) is 0 Å². The van der Waals surface area contributed by atoms with Crippen molar-refractivity contribution in [2.45, 2.75) is 155 Å². The second-order valence-corrected chi connectivity index (χ2v) is 18.0. The number of fused-ring (bicyclic) bond motifs is 1. The number of ether oxygens (including phenoxy) is 6. The van der Waals surface area contributed by atoms with Crippen molar-refractivity contribution in [2.75, 3.05) is 34.9 Å². The van der Waals surface area contributed by atoms with Crippen molar-refractivity contribution < 1.29 is 52.7 Å². The number of likely N-dealkylation sites (N-methyl/N-ethyl adjacent to an activating group) is 1. The third-order valence-electron chi connectivity index (χ3n) is 13.4. The third kappa shape index (κ3) is 9.98. The van der Waals surface area contributed by atoms with Gasteiger partial charge in [-0.1, -0.05) is 27.7 Å². The number of imidazole rings is 1. The molecule has 5 heterocycles. The van der Waals surface area contributed by atoms with Crippen molar-refractivity contribution >= 4 is 23.6 Å². The number of rotatable bonds is 12. The fourth-order valence-electron chi connectivity index (χ4n) is 9.80. The summed E-state index contributed by atoms with van der Waals surface area (Å²) in [4.78, 5) is 69.6. The Kier molecular flexibility index (Phi) is 15.5. The van der Waals surface area contributed by atoms with Gasteiger partial charge >= 0.3 is 12.1 Å². The number of unbranched alkanes of at least 4 members (excludes halogenated alkanes) is 1. The summed E-state index contributed by atoms with van der Waals surface area (Å²) in [6.45, 7) is 16.8. The smallest absolute Gasteiger partial charge is 0.410 e. The largest absolute Gasteiger partial charge is 0.481 e. The molecule has 0 aromatic carbocycles. The van der Waals surface area contributed by atoms with Gasteiger partial charge in [0, 0.05) is 68.0 Å². The summed E-state index contributed by atoms with van der Waals surface area (Å²) >= 11 is 0. The maximum Gasteiger partial charge on any atom is 0.410 e. The van der Waals surface area contributed by atoms with Crippen LogP contribution in [0, 0.1) is 30.6 Å². The number of ketones is 2. The van der Waals surface area contributed by atoms with Crippen molar-refractivity contribution in [2.24, 2.45) is 23.7 Å². The van der Waals surface area contributed by atoms with Gasteiger partial charge in [0.1, 0.15) is 29.7 Å². The predicted octanol–water partition coefficient (Wildman–Crippen LogP) is 5.25. The zero-order valence-electron chi connectivity index (χ0n) is 38.4. The fourth-order valence-corrected chi connectivity index (χ4v) is 9.80. The van der Waals surface area contributed by atoms with E-state index in [1.807, 2.05) is 59.0 Å². The maximum atomic E-state index is 14.8. The van der Waals surface area contributed by atoms with Gasteiger partial charge in [-0.2, -0.15) is 0 Å². The number of pyridine rings is 1. The SMILES string of the molecule is CC[C@@H]1OC(=O)[C@H](C)C(=O)[C@H](C)C(OC2O[C@H](C)C[C@H](N(C)C)[C@H]2O)[C@@](C)(OC)C[C@@H](C)C(=O)[C@@H](C)[C@H]2N(CCCCn3cc(-c4ccc(OC)nc4)nc3C)C(=O)O[C@]12C. The van der Waals surface area contributed by atoms with Gasteiger partial charge in [-0.3, -0.25) is 14.4 Å². The minimum atomic E-state index is -1.42. The lowest BCUT2D eigenvalue weighted by Crippen LogP contribution is -2.60. The van der Waals surface area contributed by atoms with Crippen LogP contribution in [0.15, 0.2) is 24.5 Å². The Labute approximate surface area is 360 Å². The minimum absolute atomic E-state index is 0.123. The van der Waals surface area contributed by atoms with Crippen molar-refractivity contribution in [3.8, 4) is 17.1 Å². The lowest BCUT2D eigenvalue weighted by molar-refractivity contribution is -0.295. The summed E-state index contributed by atoms with van der Waals surface area (Å²) in [5.41, 5.74) is -1.04. The summed E-state index contributed by atoms with van der Waals surface area (Å²) in [5.74, 6) is -3.65. The van der Waals surface area contributed by atoms with E-state index in [0.717, 1.165) is 17.1 Å². The average Bonchev–Trinajstić information content (AvgIpc) is 3.73. The van der Waals surface area contributed by atoms with E-state index in [9.17, 15) is 24.3 Å². The molecule has 16 heteroatoms. The summed E-state index contributed by atoms with van der Waals surface area (Å²) in [5, 5.41) is 11.5. The molecule has 2 aromatic rings. The van der Waals surface area contributed by atoms with Crippen LogP contribution in [0.25, 0.3) is 11.3 Å². The van der Waals surface area contributed by atoms with E-state index < -0.39 is 83.4 Å². The predicted molar refractivity (Wildman–Crippen MR) is 226 cm³/mol. The molecule has 16 nitrogen and oxygen atoms in total. The molecule has 0 aliphatic carbocycles. The zero-order valence-corrected chi connectivity index (χ0v) is 38.4. The topological polar surface area (TPSA) is 181 Å². The molecular weight excluding hydrogens is 787 g/mol. The molecule has 1 amide bonds. The van der Waals surface area contributed by atoms with Crippen LogP contribution in [0.5, 0.6) is 5.88 Å². The van der Waals surface area contributed by atoms with E-state index in [1.54, 1.807) is 52.0 Å². The Bertz CT molecular complexity index is 1860. The summed E-state index contributed by atoms with van der Waals surface area (Å²) < 4.78 is 38.5. The number of methoxy groups -OCH3 is 2. The van der Waals surface area contributed by atoms with E-state index in [0.29, 0.717) is 31.7 Å². The monoisotopic (exact) mass is 855 g/mol. The molecule has 1 N–H and O–H groups in total. The lowest BCUT2D eigenvalue weighted by Gasteiger charge is -2.47.